The number of carbonyl (C=O) groups excluding carboxylic acids is 2. The highest BCUT2D eigenvalue weighted by Crippen LogP contribution is 2.36. The van der Waals surface area contributed by atoms with Gasteiger partial charge in [-0.2, -0.15) is 0 Å². The maximum absolute atomic E-state index is 13.0. The van der Waals surface area contributed by atoms with E-state index in [-0.39, 0.29) is 11.7 Å². The Morgan fingerprint density at radius 2 is 1.53 bits per heavy atom. The minimum absolute atomic E-state index is 0.261. The van der Waals surface area contributed by atoms with Crippen molar-refractivity contribution in [3.63, 3.8) is 0 Å². The van der Waals surface area contributed by atoms with E-state index in [4.69, 9.17) is 9.47 Å². The van der Waals surface area contributed by atoms with E-state index in [0.717, 1.165) is 0 Å². The van der Waals surface area contributed by atoms with Crippen molar-refractivity contribution in [2.24, 2.45) is 0 Å². The van der Waals surface area contributed by atoms with Crippen LogP contribution >= 0.6 is 0 Å². The van der Waals surface area contributed by atoms with Crippen molar-refractivity contribution in [1.82, 2.24) is 10.6 Å². The number of benzene rings is 1. The zero-order valence-electron chi connectivity index (χ0n) is 21.7. The molecule has 2 rings (SSSR count). The largest absolute Gasteiger partial charge is 0.493 e. The lowest BCUT2D eigenvalue weighted by Crippen LogP contribution is -2.45. The van der Waals surface area contributed by atoms with Crippen LogP contribution in [0, 0.1) is 82.9 Å². The van der Waals surface area contributed by atoms with Crippen LogP contribution in [0.25, 0.3) is 0 Å². The average molecular weight is 501 g/mol. The smallest absolute Gasteiger partial charge is 0.338 e. The highest BCUT2D eigenvalue weighted by molar-refractivity contribution is 5.95. The molecule has 0 aromatic heterocycles. The predicted molar refractivity (Wildman–Crippen MR) is 145 cm³/mol. The first kappa shape index (κ1) is 28.7. The van der Waals surface area contributed by atoms with Gasteiger partial charge < -0.3 is 20.1 Å². The molecule has 0 saturated carbocycles. The van der Waals surface area contributed by atoms with Crippen molar-refractivity contribution in [2.75, 3.05) is 6.61 Å². The number of hydrogen-bond donors (Lipinski definition) is 2. The standard InChI is InChI=1S/C32H24N2O4/c1-6-8-9-10-11-12-13-14-15-16-17-18-19-21-26-22-20-23-27(37-7-2)29(26)30-28(31(35)38-24(3)4)25(5)33-32(36)34-30/h20,22-24,30H,7H2,1-5H3,(H2,33,34,36). The van der Waals surface area contributed by atoms with Crippen LogP contribution < -0.4 is 15.4 Å². The summed E-state index contributed by atoms with van der Waals surface area (Å²) < 4.78 is 11.3. The summed E-state index contributed by atoms with van der Waals surface area (Å²) in [4.78, 5) is 25.3. The Hall–Kier alpha value is -5.58. The molecule has 6 nitrogen and oxygen atoms in total. The Balaban J connectivity index is 2.41. The molecule has 2 amide bonds. The van der Waals surface area contributed by atoms with Crippen LogP contribution in [0.3, 0.4) is 0 Å². The van der Waals surface area contributed by atoms with Gasteiger partial charge >= 0.3 is 12.0 Å². The molecule has 0 bridgehead atoms. The van der Waals surface area contributed by atoms with Gasteiger partial charge in [0.15, 0.2) is 0 Å². The molecule has 186 valence electrons. The molecular formula is C32H24N2O4. The van der Waals surface area contributed by atoms with Gasteiger partial charge in [-0.3, -0.25) is 0 Å². The Labute approximate surface area is 224 Å². The molecule has 0 radical (unpaired) electrons. The average Bonchev–Trinajstić information content (AvgIpc) is 2.86. The molecule has 1 aromatic carbocycles. The first-order valence-corrected chi connectivity index (χ1v) is 11.6. The van der Waals surface area contributed by atoms with E-state index in [2.05, 4.69) is 93.5 Å². The molecule has 0 spiro atoms. The van der Waals surface area contributed by atoms with Crippen LogP contribution in [-0.4, -0.2) is 24.7 Å². The molecular weight excluding hydrogens is 476 g/mol. The SMILES string of the molecule is CC#CC#CC#CC#CC#CC#CC#Cc1cccc(OCC)c1C1NC(=O)NC(C)=C1C(=O)OC(C)C. The number of ether oxygens (including phenoxy) is 2. The Morgan fingerprint density at radius 3 is 2.08 bits per heavy atom. The number of allylic oxidation sites excluding steroid dienone is 1. The van der Waals surface area contributed by atoms with Gasteiger partial charge in [-0.05, 0) is 118 Å². The monoisotopic (exact) mass is 500 g/mol. The summed E-state index contributed by atoms with van der Waals surface area (Å²) in [5.74, 6) is 36.5. The van der Waals surface area contributed by atoms with E-state index >= 15 is 0 Å². The third kappa shape index (κ3) is 8.89. The van der Waals surface area contributed by atoms with Crippen LogP contribution in [0.2, 0.25) is 0 Å². The van der Waals surface area contributed by atoms with E-state index in [0.29, 0.717) is 29.2 Å². The highest BCUT2D eigenvalue weighted by Gasteiger charge is 2.35. The third-order valence-corrected chi connectivity index (χ3v) is 4.50. The van der Waals surface area contributed by atoms with Gasteiger partial charge in [0.2, 0.25) is 0 Å². The molecule has 0 saturated heterocycles. The molecule has 2 N–H and O–H groups in total. The molecule has 38 heavy (non-hydrogen) atoms. The fourth-order valence-corrected chi connectivity index (χ4v) is 3.16. The molecule has 1 aliphatic heterocycles. The highest BCUT2D eigenvalue weighted by atomic mass is 16.5. The number of urea groups is 1. The summed E-state index contributed by atoms with van der Waals surface area (Å²) in [6, 6.07) is 3.98. The molecule has 0 aliphatic carbocycles. The van der Waals surface area contributed by atoms with E-state index in [1.807, 2.05) is 6.92 Å². The van der Waals surface area contributed by atoms with Gasteiger partial charge in [0.25, 0.3) is 0 Å². The maximum atomic E-state index is 13.0. The van der Waals surface area contributed by atoms with Gasteiger partial charge in [0.1, 0.15) is 5.75 Å². The lowest BCUT2D eigenvalue weighted by molar-refractivity contribution is -0.143. The fourth-order valence-electron chi connectivity index (χ4n) is 3.16. The Morgan fingerprint density at radius 1 is 0.947 bits per heavy atom. The minimum atomic E-state index is -0.843. The second-order valence-electron chi connectivity index (χ2n) is 7.55. The van der Waals surface area contributed by atoms with Gasteiger partial charge in [-0.15, -0.1) is 0 Å². The van der Waals surface area contributed by atoms with E-state index in [9.17, 15) is 9.59 Å². The summed E-state index contributed by atoms with van der Waals surface area (Å²) in [5, 5.41) is 5.43. The maximum Gasteiger partial charge on any atom is 0.338 e. The predicted octanol–water partition coefficient (Wildman–Crippen LogP) is 3.06. The van der Waals surface area contributed by atoms with Crippen molar-refractivity contribution in [1.29, 1.82) is 0 Å². The summed E-state index contributed by atoms with van der Waals surface area (Å²) in [5.41, 5.74) is 1.70. The molecule has 1 heterocycles. The molecule has 0 fully saturated rings. The second kappa shape index (κ2) is 15.4. The Kier molecular flexibility index (Phi) is 11.6. The topological polar surface area (TPSA) is 76.7 Å². The van der Waals surface area contributed by atoms with Gasteiger partial charge in [0.05, 0.1) is 24.3 Å². The normalized spacial score (nSPS) is 12.5. The summed E-state index contributed by atoms with van der Waals surface area (Å²) in [7, 11) is 0. The first-order chi connectivity index (χ1) is 18.4. The molecule has 1 aliphatic rings. The molecule has 6 heteroatoms. The summed E-state index contributed by atoms with van der Waals surface area (Å²) in [6.07, 6.45) is -0.343. The summed E-state index contributed by atoms with van der Waals surface area (Å²) >= 11 is 0. The number of hydrogen-bond acceptors (Lipinski definition) is 4. The van der Waals surface area contributed by atoms with Crippen molar-refractivity contribution >= 4 is 12.0 Å². The van der Waals surface area contributed by atoms with E-state index in [1.54, 1.807) is 45.9 Å². The molecule has 1 aromatic rings. The number of amides is 2. The lowest BCUT2D eigenvalue weighted by atomic mass is 9.91. The first-order valence-electron chi connectivity index (χ1n) is 11.6. The second-order valence-corrected chi connectivity index (χ2v) is 7.55. The van der Waals surface area contributed by atoms with Crippen molar-refractivity contribution in [2.45, 2.75) is 46.8 Å². The van der Waals surface area contributed by atoms with E-state index in [1.165, 1.54) is 0 Å². The summed E-state index contributed by atoms with van der Waals surface area (Å²) in [6.45, 7) is 9.05. The van der Waals surface area contributed by atoms with Gasteiger partial charge in [0, 0.05) is 16.8 Å². The van der Waals surface area contributed by atoms with Crippen LogP contribution in [0.5, 0.6) is 5.75 Å². The van der Waals surface area contributed by atoms with Crippen molar-refractivity contribution in [3.05, 3.63) is 40.6 Å². The minimum Gasteiger partial charge on any atom is -0.493 e. The zero-order chi connectivity index (χ0) is 27.8. The van der Waals surface area contributed by atoms with Crippen molar-refractivity contribution < 1.29 is 19.1 Å². The number of esters is 1. The van der Waals surface area contributed by atoms with Crippen LogP contribution in [0.15, 0.2) is 29.5 Å². The van der Waals surface area contributed by atoms with Gasteiger partial charge in [-0.25, -0.2) is 9.59 Å². The van der Waals surface area contributed by atoms with Crippen LogP contribution in [0.4, 0.5) is 4.79 Å². The van der Waals surface area contributed by atoms with Crippen LogP contribution in [0.1, 0.15) is 51.8 Å². The fraction of sp³-hybridized carbons (Fsp3) is 0.250. The van der Waals surface area contributed by atoms with Gasteiger partial charge in [-0.1, -0.05) is 17.9 Å². The van der Waals surface area contributed by atoms with Crippen LogP contribution in [-0.2, 0) is 9.53 Å². The quantitative estimate of drug-likeness (QED) is 0.482. The zero-order valence-corrected chi connectivity index (χ0v) is 21.7. The number of nitrogens with one attached hydrogen (secondary N) is 2. The number of carbonyl (C=O) groups is 2. The Bertz CT molecular complexity index is 1580. The molecule has 1 unspecified atom stereocenters. The number of rotatable bonds is 5. The van der Waals surface area contributed by atoms with E-state index < -0.39 is 18.0 Å². The molecule has 1 atom stereocenters. The lowest BCUT2D eigenvalue weighted by Gasteiger charge is -2.30. The third-order valence-electron chi connectivity index (χ3n) is 4.50. The van der Waals surface area contributed by atoms with Crippen molar-refractivity contribution in [3.8, 4) is 88.6 Å².